The molecule has 0 aliphatic heterocycles. The van der Waals surface area contributed by atoms with Gasteiger partial charge in [0.05, 0.1) is 36.6 Å². The highest BCUT2D eigenvalue weighted by atomic mass is 79.9. The van der Waals surface area contributed by atoms with Crippen LogP contribution in [0.2, 0.25) is 0 Å². The molecule has 0 bridgehead atoms. The van der Waals surface area contributed by atoms with Crippen LogP contribution in [0.5, 0.6) is 5.88 Å². The number of nitrogens with zero attached hydrogens (tertiary/aromatic N) is 3. The molecule has 21 heavy (non-hydrogen) atoms. The van der Waals surface area contributed by atoms with Gasteiger partial charge in [-0.05, 0) is 24.3 Å². The van der Waals surface area contributed by atoms with E-state index in [4.69, 9.17) is 4.74 Å². The molecule has 2 aromatic heterocycles. The third-order valence-electron chi connectivity index (χ3n) is 3.11. The predicted octanol–water partition coefficient (Wildman–Crippen LogP) is 2.61. The number of aromatic nitrogens is 3. The van der Waals surface area contributed by atoms with E-state index in [1.807, 2.05) is 24.3 Å². The second kappa shape index (κ2) is 5.65. The van der Waals surface area contributed by atoms with Gasteiger partial charge in [-0.25, -0.2) is 9.97 Å². The minimum atomic E-state index is -0.0860. The quantitative estimate of drug-likeness (QED) is 0.732. The Bertz CT molecular complexity index is 861. The van der Waals surface area contributed by atoms with Crippen LogP contribution in [0, 0.1) is 0 Å². The van der Waals surface area contributed by atoms with E-state index in [1.165, 1.54) is 10.9 Å². The SMILES string of the molecule is COc1cccc(Cn2cnc3cc(Br)ccc3c2=O)n1. The third-order valence-corrected chi connectivity index (χ3v) is 3.60. The zero-order chi connectivity index (χ0) is 14.8. The average molecular weight is 346 g/mol. The minimum absolute atomic E-state index is 0.0860. The van der Waals surface area contributed by atoms with Gasteiger partial charge in [0.25, 0.3) is 5.56 Å². The number of benzene rings is 1. The second-order valence-electron chi connectivity index (χ2n) is 4.51. The molecule has 106 valence electrons. The van der Waals surface area contributed by atoms with E-state index in [9.17, 15) is 4.79 Å². The standard InChI is InChI=1S/C15H12BrN3O2/c1-21-14-4-2-3-11(18-14)8-19-9-17-13-7-10(16)5-6-12(13)15(19)20/h2-7,9H,8H2,1H3. The average Bonchev–Trinajstić information content (AvgIpc) is 2.50. The summed E-state index contributed by atoms with van der Waals surface area (Å²) in [5, 5.41) is 0.587. The van der Waals surface area contributed by atoms with Crippen LogP contribution in [0.15, 0.2) is 52.0 Å². The molecule has 0 N–H and O–H groups in total. The zero-order valence-corrected chi connectivity index (χ0v) is 12.9. The van der Waals surface area contributed by atoms with Crippen molar-refractivity contribution >= 4 is 26.8 Å². The number of halogens is 1. The monoisotopic (exact) mass is 345 g/mol. The lowest BCUT2D eigenvalue weighted by atomic mass is 10.2. The number of methoxy groups -OCH3 is 1. The highest BCUT2D eigenvalue weighted by Gasteiger charge is 2.06. The van der Waals surface area contributed by atoms with Crippen molar-refractivity contribution in [3.63, 3.8) is 0 Å². The highest BCUT2D eigenvalue weighted by Crippen LogP contribution is 2.15. The molecule has 3 aromatic rings. The smallest absolute Gasteiger partial charge is 0.261 e. The molecule has 3 rings (SSSR count). The van der Waals surface area contributed by atoms with Crippen LogP contribution in [0.1, 0.15) is 5.69 Å². The van der Waals surface area contributed by atoms with E-state index in [0.717, 1.165) is 10.2 Å². The summed E-state index contributed by atoms with van der Waals surface area (Å²) in [5.74, 6) is 0.526. The maximum Gasteiger partial charge on any atom is 0.261 e. The molecule has 0 fully saturated rings. The van der Waals surface area contributed by atoms with Gasteiger partial charge in [0.15, 0.2) is 0 Å². The van der Waals surface area contributed by atoms with Gasteiger partial charge in [-0.1, -0.05) is 22.0 Å². The van der Waals surface area contributed by atoms with E-state index in [2.05, 4.69) is 25.9 Å². The molecule has 0 unspecified atom stereocenters. The fourth-order valence-electron chi connectivity index (χ4n) is 2.08. The largest absolute Gasteiger partial charge is 0.481 e. The lowest BCUT2D eigenvalue weighted by Gasteiger charge is -2.07. The summed E-state index contributed by atoms with van der Waals surface area (Å²) in [6.07, 6.45) is 1.54. The highest BCUT2D eigenvalue weighted by molar-refractivity contribution is 9.10. The second-order valence-corrected chi connectivity index (χ2v) is 5.43. The fraction of sp³-hybridized carbons (Fsp3) is 0.133. The number of fused-ring (bicyclic) bond motifs is 1. The number of pyridine rings is 1. The third kappa shape index (κ3) is 2.80. The Morgan fingerprint density at radius 2 is 2.14 bits per heavy atom. The molecule has 0 radical (unpaired) electrons. The first-order valence-electron chi connectivity index (χ1n) is 6.32. The van der Waals surface area contributed by atoms with Crippen LogP contribution in [0.3, 0.4) is 0 Å². The van der Waals surface area contributed by atoms with E-state index in [0.29, 0.717) is 23.3 Å². The summed E-state index contributed by atoms with van der Waals surface area (Å²) in [5.41, 5.74) is 1.33. The first-order valence-corrected chi connectivity index (χ1v) is 7.11. The molecule has 1 aromatic carbocycles. The molecule has 0 aliphatic carbocycles. The zero-order valence-electron chi connectivity index (χ0n) is 11.3. The van der Waals surface area contributed by atoms with Crippen molar-refractivity contribution in [3.05, 3.63) is 63.2 Å². The van der Waals surface area contributed by atoms with Crippen LogP contribution in [-0.4, -0.2) is 21.6 Å². The number of rotatable bonds is 3. The summed E-state index contributed by atoms with van der Waals surface area (Å²) >= 11 is 3.37. The van der Waals surface area contributed by atoms with Crippen LogP contribution in [-0.2, 0) is 6.54 Å². The Balaban J connectivity index is 2.03. The van der Waals surface area contributed by atoms with Crippen LogP contribution < -0.4 is 10.3 Å². The summed E-state index contributed by atoms with van der Waals surface area (Å²) in [6, 6.07) is 10.9. The van der Waals surface area contributed by atoms with Gasteiger partial charge >= 0.3 is 0 Å². The molecule has 0 amide bonds. The van der Waals surface area contributed by atoms with Gasteiger partial charge in [0.1, 0.15) is 0 Å². The van der Waals surface area contributed by atoms with Crippen molar-refractivity contribution in [1.29, 1.82) is 0 Å². The van der Waals surface area contributed by atoms with E-state index in [1.54, 1.807) is 19.2 Å². The Morgan fingerprint density at radius 1 is 1.29 bits per heavy atom. The van der Waals surface area contributed by atoms with Gasteiger partial charge in [-0.15, -0.1) is 0 Å². The van der Waals surface area contributed by atoms with Crippen LogP contribution >= 0.6 is 15.9 Å². The van der Waals surface area contributed by atoms with E-state index < -0.39 is 0 Å². The molecule has 0 saturated carbocycles. The number of ether oxygens (including phenoxy) is 1. The Labute approximate surface area is 129 Å². The number of hydrogen-bond donors (Lipinski definition) is 0. The van der Waals surface area contributed by atoms with Crippen molar-refractivity contribution in [2.75, 3.05) is 7.11 Å². The molecular weight excluding hydrogens is 334 g/mol. The van der Waals surface area contributed by atoms with Crippen LogP contribution in [0.4, 0.5) is 0 Å². The Morgan fingerprint density at radius 3 is 2.95 bits per heavy atom. The van der Waals surface area contributed by atoms with E-state index >= 15 is 0 Å². The minimum Gasteiger partial charge on any atom is -0.481 e. The van der Waals surface area contributed by atoms with Crippen molar-refractivity contribution in [2.45, 2.75) is 6.54 Å². The molecular formula is C15H12BrN3O2. The van der Waals surface area contributed by atoms with Crippen LogP contribution in [0.25, 0.3) is 10.9 Å². The summed E-state index contributed by atoms with van der Waals surface area (Å²) < 4.78 is 7.52. The van der Waals surface area contributed by atoms with Crippen molar-refractivity contribution in [3.8, 4) is 5.88 Å². The van der Waals surface area contributed by atoms with Gasteiger partial charge in [0, 0.05) is 10.5 Å². The van der Waals surface area contributed by atoms with E-state index in [-0.39, 0.29) is 5.56 Å². The van der Waals surface area contributed by atoms with Gasteiger partial charge < -0.3 is 4.74 Å². The molecule has 2 heterocycles. The van der Waals surface area contributed by atoms with Gasteiger partial charge in [0.2, 0.25) is 5.88 Å². The van der Waals surface area contributed by atoms with Crippen molar-refractivity contribution < 1.29 is 4.74 Å². The molecule has 0 aliphatic rings. The van der Waals surface area contributed by atoms with Gasteiger partial charge in [-0.3, -0.25) is 9.36 Å². The molecule has 0 atom stereocenters. The molecule has 0 spiro atoms. The maximum absolute atomic E-state index is 12.4. The summed E-state index contributed by atoms with van der Waals surface area (Å²) in [6.45, 7) is 0.356. The maximum atomic E-state index is 12.4. The topological polar surface area (TPSA) is 57.0 Å². The summed E-state index contributed by atoms with van der Waals surface area (Å²) in [4.78, 5) is 21.1. The molecule has 6 heteroatoms. The van der Waals surface area contributed by atoms with Crippen molar-refractivity contribution in [2.24, 2.45) is 0 Å². The van der Waals surface area contributed by atoms with Crippen molar-refractivity contribution in [1.82, 2.24) is 14.5 Å². The lowest BCUT2D eigenvalue weighted by Crippen LogP contribution is -2.21. The normalized spacial score (nSPS) is 10.8. The first kappa shape index (κ1) is 13.8. The summed E-state index contributed by atoms with van der Waals surface area (Å²) in [7, 11) is 1.56. The molecule has 0 saturated heterocycles. The lowest BCUT2D eigenvalue weighted by molar-refractivity contribution is 0.396. The number of hydrogen-bond acceptors (Lipinski definition) is 4. The predicted molar refractivity (Wildman–Crippen MR) is 83.6 cm³/mol. The fourth-order valence-corrected chi connectivity index (χ4v) is 2.43. The Hall–Kier alpha value is -2.21. The molecule has 5 nitrogen and oxygen atoms in total. The Kier molecular flexibility index (Phi) is 3.70. The first-order chi connectivity index (χ1) is 10.2. The van der Waals surface area contributed by atoms with Gasteiger partial charge in [-0.2, -0.15) is 0 Å².